The van der Waals surface area contributed by atoms with E-state index in [9.17, 15) is 13.2 Å². The molecule has 0 heterocycles. The Morgan fingerprint density at radius 1 is 1.17 bits per heavy atom. The molecule has 0 aliphatic carbocycles. The normalized spacial score (nSPS) is 14.8. The second-order valence-electron chi connectivity index (χ2n) is 5.82. The molecular formula is C18H26F3N3. The van der Waals surface area contributed by atoms with Crippen LogP contribution in [0.15, 0.2) is 34.3 Å². The number of hydrogen-bond donors (Lipinski definition) is 1. The minimum atomic E-state index is -4.39. The van der Waals surface area contributed by atoms with Crippen molar-refractivity contribution in [2.24, 2.45) is 15.7 Å². The number of alkyl halides is 3. The van der Waals surface area contributed by atoms with Gasteiger partial charge in [-0.3, -0.25) is 4.99 Å². The number of nitrogens with two attached hydrogens (primary N) is 1. The van der Waals surface area contributed by atoms with Crippen LogP contribution in [-0.2, 0) is 6.18 Å². The van der Waals surface area contributed by atoms with Gasteiger partial charge in [-0.15, -0.1) is 0 Å². The molecule has 2 N–H and O–H groups in total. The number of halogens is 3. The molecule has 0 aliphatic rings. The Kier molecular flexibility index (Phi) is 7.95. The molecule has 3 nitrogen and oxygen atoms in total. The summed E-state index contributed by atoms with van der Waals surface area (Å²) in [5, 5.41) is 0. The van der Waals surface area contributed by atoms with Crippen molar-refractivity contribution in [3.63, 3.8) is 0 Å². The van der Waals surface area contributed by atoms with Gasteiger partial charge in [0, 0.05) is 18.7 Å². The van der Waals surface area contributed by atoms with Crippen LogP contribution in [0.2, 0.25) is 0 Å². The number of unbranched alkanes of at least 4 members (excludes halogenated alkanes) is 3. The first-order valence-corrected chi connectivity index (χ1v) is 8.24. The smallest absolute Gasteiger partial charge is 0.368 e. The molecule has 134 valence electrons. The van der Waals surface area contributed by atoms with Crippen molar-refractivity contribution in [2.45, 2.75) is 58.0 Å². The van der Waals surface area contributed by atoms with E-state index in [1.54, 1.807) is 13.0 Å². The topological polar surface area (TPSA) is 50.7 Å². The molecule has 0 aromatic heterocycles. The first-order chi connectivity index (χ1) is 11.3. The van der Waals surface area contributed by atoms with E-state index in [0.29, 0.717) is 12.1 Å². The summed E-state index contributed by atoms with van der Waals surface area (Å²) >= 11 is 0. The summed E-state index contributed by atoms with van der Waals surface area (Å²) in [6.07, 6.45) is 0.212. The van der Waals surface area contributed by atoms with Crippen LogP contribution in [0.5, 0.6) is 0 Å². The fraction of sp³-hybridized carbons (Fsp3) is 0.556. The molecular weight excluding hydrogens is 315 g/mol. The van der Waals surface area contributed by atoms with Crippen LogP contribution in [0, 0.1) is 0 Å². The number of rotatable bonds is 7. The van der Waals surface area contributed by atoms with E-state index >= 15 is 0 Å². The van der Waals surface area contributed by atoms with Crippen LogP contribution >= 0.6 is 0 Å². The highest BCUT2D eigenvalue weighted by atomic mass is 19.4. The summed E-state index contributed by atoms with van der Waals surface area (Å²) in [5.74, 6) is -0.337. The van der Waals surface area contributed by atoms with E-state index in [0.717, 1.165) is 31.7 Å². The molecule has 0 amide bonds. The van der Waals surface area contributed by atoms with Crippen molar-refractivity contribution >= 4 is 11.7 Å². The van der Waals surface area contributed by atoms with Gasteiger partial charge in [0.2, 0.25) is 5.96 Å². The van der Waals surface area contributed by atoms with Crippen molar-refractivity contribution in [1.82, 2.24) is 0 Å². The summed E-state index contributed by atoms with van der Waals surface area (Å²) in [7, 11) is 1.51. The minimum Gasteiger partial charge on any atom is -0.368 e. The summed E-state index contributed by atoms with van der Waals surface area (Å²) < 4.78 is 40.1. The Balaban J connectivity index is 3.20. The van der Waals surface area contributed by atoms with Crippen molar-refractivity contribution in [3.05, 3.63) is 35.4 Å². The maximum atomic E-state index is 13.4. The summed E-state index contributed by atoms with van der Waals surface area (Å²) in [5.41, 5.74) is 5.84. The minimum absolute atomic E-state index is 0.0792. The van der Waals surface area contributed by atoms with E-state index in [1.165, 1.54) is 19.2 Å². The second kappa shape index (κ2) is 9.45. The molecule has 1 aromatic carbocycles. The molecule has 6 heteroatoms. The quantitative estimate of drug-likeness (QED) is 0.415. The van der Waals surface area contributed by atoms with Crippen molar-refractivity contribution < 1.29 is 13.2 Å². The average molecular weight is 341 g/mol. The molecule has 0 saturated carbocycles. The van der Waals surface area contributed by atoms with Gasteiger partial charge in [0.1, 0.15) is 0 Å². The maximum absolute atomic E-state index is 13.4. The third-order valence-corrected chi connectivity index (χ3v) is 4.01. The van der Waals surface area contributed by atoms with Gasteiger partial charge in [0.25, 0.3) is 0 Å². The van der Waals surface area contributed by atoms with Gasteiger partial charge in [0.05, 0.1) is 5.56 Å². The lowest BCUT2D eigenvalue weighted by Gasteiger charge is -2.22. The van der Waals surface area contributed by atoms with Gasteiger partial charge in [-0.05, 0) is 25.0 Å². The third kappa shape index (κ3) is 5.98. The van der Waals surface area contributed by atoms with Crippen LogP contribution in [0.25, 0.3) is 0 Å². The van der Waals surface area contributed by atoms with E-state index in [-0.39, 0.29) is 11.5 Å². The van der Waals surface area contributed by atoms with Crippen LogP contribution in [0.1, 0.15) is 63.0 Å². The predicted octanol–water partition coefficient (Wildman–Crippen LogP) is 5.16. The number of aliphatic imine (C=N–C) groups is 2. The molecule has 1 unspecified atom stereocenters. The highest BCUT2D eigenvalue weighted by Crippen LogP contribution is 2.37. The monoisotopic (exact) mass is 341 g/mol. The molecule has 1 aromatic rings. The second-order valence-corrected chi connectivity index (χ2v) is 5.82. The Morgan fingerprint density at radius 2 is 1.83 bits per heavy atom. The van der Waals surface area contributed by atoms with Gasteiger partial charge in [0.15, 0.2) is 0 Å². The number of nitrogens with zero attached hydrogens (tertiary/aromatic N) is 2. The van der Waals surface area contributed by atoms with Crippen molar-refractivity contribution in [3.8, 4) is 0 Å². The number of benzene rings is 1. The largest absolute Gasteiger partial charge is 0.416 e. The zero-order valence-corrected chi connectivity index (χ0v) is 14.5. The van der Waals surface area contributed by atoms with Crippen LogP contribution < -0.4 is 5.73 Å². The van der Waals surface area contributed by atoms with E-state index in [4.69, 9.17) is 5.73 Å². The van der Waals surface area contributed by atoms with Gasteiger partial charge in [-0.1, -0.05) is 50.8 Å². The van der Waals surface area contributed by atoms with Crippen molar-refractivity contribution in [1.29, 1.82) is 0 Å². The SMILES string of the molecule is CCCCCCC(/C(C)=N/C(N)=NC)c1ccccc1C(F)(F)F. The first kappa shape index (κ1) is 20.2. The Bertz CT molecular complexity index is 577. The molecule has 1 atom stereocenters. The van der Waals surface area contributed by atoms with E-state index in [1.807, 2.05) is 0 Å². The molecule has 0 saturated heterocycles. The molecule has 0 bridgehead atoms. The van der Waals surface area contributed by atoms with Crippen molar-refractivity contribution in [2.75, 3.05) is 7.05 Å². The van der Waals surface area contributed by atoms with Gasteiger partial charge < -0.3 is 5.73 Å². The van der Waals surface area contributed by atoms with Crippen LogP contribution in [0.4, 0.5) is 13.2 Å². The summed E-state index contributed by atoms with van der Waals surface area (Å²) in [6.45, 7) is 3.82. The lowest BCUT2D eigenvalue weighted by Crippen LogP contribution is -2.19. The lowest BCUT2D eigenvalue weighted by molar-refractivity contribution is -0.138. The number of hydrogen-bond acceptors (Lipinski definition) is 1. The molecule has 1 rings (SSSR count). The molecule has 24 heavy (non-hydrogen) atoms. The molecule has 0 aliphatic heterocycles. The Hall–Kier alpha value is -1.85. The van der Waals surface area contributed by atoms with Gasteiger partial charge in [-0.25, -0.2) is 4.99 Å². The zero-order chi connectivity index (χ0) is 18.2. The Morgan fingerprint density at radius 3 is 2.42 bits per heavy atom. The fourth-order valence-corrected chi connectivity index (χ4v) is 2.73. The molecule has 0 spiro atoms. The number of guanidine groups is 1. The highest BCUT2D eigenvalue weighted by molar-refractivity contribution is 5.98. The zero-order valence-electron chi connectivity index (χ0n) is 14.5. The highest BCUT2D eigenvalue weighted by Gasteiger charge is 2.35. The summed E-state index contributed by atoms with van der Waals surface area (Å²) in [6, 6.07) is 5.70. The van der Waals surface area contributed by atoms with Gasteiger partial charge >= 0.3 is 6.18 Å². The van der Waals surface area contributed by atoms with E-state index in [2.05, 4.69) is 16.9 Å². The maximum Gasteiger partial charge on any atom is 0.416 e. The average Bonchev–Trinajstić information content (AvgIpc) is 2.53. The predicted molar refractivity (Wildman–Crippen MR) is 93.6 cm³/mol. The standard InChI is InChI=1S/C18H26F3N3/c1-4-5-6-7-10-14(13(2)24-17(22)23-3)15-11-8-9-12-16(15)18(19,20)21/h8-9,11-12,14H,4-7,10H2,1-3H3,(H2,22,23)/b24-13+. The molecule has 0 fully saturated rings. The molecule has 0 radical (unpaired) electrons. The Labute approximate surface area is 141 Å². The van der Waals surface area contributed by atoms with Crippen LogP contribution in [-0.4, -0.2) is 18.7 Å². The fourth-order valence-electron chi connectivity index (χ4n) is 2.73. The van der Waals surface area contributed by atoms with Gasteiger partial charge in [-0.2, -0.15) is 13.2 Å². The summed E-state index contributed by atoms with van der Waals surface area (Å²) in [4.78, 5) is 7.94. The van der Waals surface area contributed by atoms with Crippen LogP contribution in [0.3, 0.4) is 0 Å². The first-order valence-electron chi connectivity index (χ1n) is 8.24. The lowest BCUT2D eigenvalue weighted by atomic mass is 9.86. The third-order valence-electron chi connectivity index (χ3n) is 4.01. The van der Waals surface area contributed by atoms with E-state index < -0.39 is 17.7 Å².